The van der Waals surface area contributed by atoms with E-state index < -0.39 is 0 Å². The third-order valence-electron chi connectivity index (χ3n) is 7.26. The lowest BCUT2D eigenvalue weighted by Crippen LogP contribution is -2.01. The molecule has 0 saturated heterocycles. The maximum Gasteiger partial charge on any atom is -0.0348 e. The Bertz CT molecular complexity index is 329. The maximum atomic E-state index is 2.47. The van der Waals surface area contributed by atoms with E-state index in [9.17, 15) is 0 Å². The van der Waals surface area contributed by atoms with Gasteiger partial charge in [-0.3, -0.25) is 0 Å². The van der Waals surface area contributed by atoms with Crippen molar-refractivity contribution in [2.24, 2.45) is 17.8 Å². The highest BCUT2D eigenvalue weighted by Gasteiger charge is 2.08. The van der Waals surface area contributed by atoms with Crippen molar-refractivity contribution in [1.29, 1.82) is 0 Å². The Kier molecular flexibility index (Phi) is 22.2. The number of unbranched alkanes of at least 4 members (excludes halogenated alkanes) is 5. The maximum absolute atomic E-state index is 2.47. The van der Waals surface area contributed by atoms with Crippen LogP contribution < -0.4 is 0 Å². The fraction of sp³-hybridized carbons (Fsp3) is 0.931. The standard InChI is InChI=1S/C29H58/c1-6-11-16-22-28(9-4)25-19-15-20-26-29(10-5)24-18-14-12-13-17-23-27(8-3)21-7-2/h12-13,27-29H,6-11,14-26H2,1-5H3. The summed E-state index contributed by atoms with van der Waals surface area (Å²) in [5.74, 6) is 2.94. The molecule has 0 fully saturated rings. The van der Waals surface area contributed by atoms with Gasteiger partial charge in [-0.15, -0.1) is 0 Å². The summed E-state index contributed by atoms with van der Waals surface area (Å²) in [5, 5.41) is 0. The average molecular weight is 407 g/mol. The van der Waals surface area contributed by atoms with Gasteiger partial charge in [0, 0.05) is 0 Å². The summed E-state index contributed by atoms with van der Waals surface area (Å²) in [4.78, 5) is 0. The molecule has 0 aromatic rings. The number of allylic oxidation sites excluding steroid dienone is 2. The van der Waals surface area contributed by atoms with Crippen molar-refractivity contribution in [3.63, 3.8) is 0 Å². The topological polar surface area (TPSA) is 0 Å². The lowest BCUT2D eigenvalue weighted by molar-refractivity contribution is 0.375. The lowest BCUT2D eigenvalue weighted by Gasteiger charge is -2.16. The van der Waals surface area contributed by atoms with Crippen LogP contribution >= 0.6 is 0 Å². The molecule has 0 aromatic carbocycles. The Morgan fingerprint density at radius 3 is 1.41 bits per heavy atom. The summed E-state index contributed by atoms with van der Waals surface area (Å²) >= 11 is 0. The van der Waals surface area contributed by atoms with Crippen molar-refractivity contribution in [3.8, 4) is 0 Å². The molecule has 0 aliphatic heterocycles. The molecule has 0 aliphatic carbocycles. The van der Waals surface area contributed by atoms with Crippen molar-refractivity contribution in [2.75, 3.05) is 0 Å². The third-order valence-corrected chi connectivity index (χ3v) is 7.26. The number of hydrogen-bond acceptors (Lipinski definition) is 0. The van der Waals surface area contributed by atoms with Gasteiger partial charge in [0.2, 0.25) is 0 Å². The molecule has 0 nitrogen and oxygen atoms in total. The normalized spacial score (nSPS) is 15.1. The predicted molar refractivity (Wildman–Crippen MR) is 136 cm³/mol. The highest BCUT2D eigenvalue weighted by atomic mass is 14.1. The minimum Gasteiger partial charge on any atom is -0.0885 e. The van der Waals surface area contributed by atoms with E-state index in [4.69, 9.17) is 0 Å². The first-order valence-corrected chi connectivity index (χ1v) is 13.9. The Balaban J connectivity index is 3.70. The molecule has 174 valence electrons. The molecule has 0 heteroatoms. The monoisotopic (exact) mass is 406 g/mol. The van der Waals surface area contributed by atoms with E-state index in [1.807, 2.05) is 0 Å². The molecule has 29 heavy (non-hydrogen) atoms. The van der Waals surface area contributed by atoms with Crippen molar-refractivity contribution in [1.82, 2.24) is 0 Å². The predicted octanol–water partition coefficient (Wildman–Crippen LogP) is 10.9. The van der Waals surface area contributed by atoms with E-state index in [-0.39, 0.29) is 0 Å². The van der Waals surface area contributed by atoms with E-state index in [0.29, 0.717) is 0 Å². The van der Waals surface area contributed by atoms with Gasteiger partial charge in [-0.05, 0) is 43.4 Å². The van der Waals surface area contributed by atoms with Gasteiger partial charge in [0.15, 0.2) is 0 Å². The number of hydrogen-bond donors (Lipinski definition) is 0. The summed E-state index contributed by atoms with van der Waals surface area (Å²) in [6.07, 6.45) is 31.8. The fourth-order valence-corrected chi connectivity index (χ4v) is 4.88. The van der Waals surface area contributed by atoms with Gasteiger partial charge >= 0.3 is 0 Å². The Morgan fingerprint density at radius 1 is 0.414 bits per heavy atom. The van der Waals surface area contributed by atoms with E-state index >= 15 is 0 Å². The second-order valence-corrected chi connectivity index (χ2v) is 9.72. The van der Waals surface area contributed by atoms with Crippen molar-refractivity contribution < 1.29 is 0 Å². The summed E-state index contributed by atoms with van der Waals surface area (Å²) < 4.78 is 0. The summed E-state index contributed by atoms with van der Waals surface area (Å²) in [6, 6.07) is 0. The van der Waals surface area contributed by atoms with E-state index in [1.54, 1.807) is 0 Å². The third kappa shape index (κ3) is 18.2. The van der Waals surface area contributed by atoms with Gasteiger partial charge in [-0.1, -0.05) is 143 Å². The van der Waals surface area contributed by atoms with E-state index in [0.717, 1.165) is 17.8 Å². The largest absolute Gasteiger partial charge is 0.0885 e. The molecule has 0 radical (unpaired) electrons. The number of rotatable bonds is 22. The van der Waals surface area contributed by atoms with Crippen molar-refractivity contribution >= 4 is 0 Å². The highest BCUT2D eigenvalue weighted by Crippen LogP contribution is 2.24. The minimum atomic E-state index is 0.957. The molecule has 0 aromatic heterocycles. The molecule has 0 spiro atoms. The zero-order valence-electron chi connectivity index (χ0n) is 21.3. The second-order valence-electron chi connectivity index (χ2n) is 9.72. The van der Waals surface area contributed by atoms with Gasteiger partial charge < -0.3 is 0 Å². The van der Waals surface area contributed by atoms with Crippen LogP contribution in [0, 0.1) is 17.8 Å². The first-order valence-electron chi connectivity index (χ1n) is 13.9. The second kappa shape index (κ2) is 22.4. The van der Waals surface area contributed by atoms with Crippen LogP contribution in [0.1, 0.15) is 157 Å². The van der Waals surface area contributed by atoms with E-state index in [2.05, 4.69) is 46.8 Å². The Hall–Kier alpha value is -0.260. The molecular weight excluding hydrogens is 348 g/mol. The quantitative estimate of drug-likeness (QED) is 0.124. The first-order chi connectivity index (χ1) is 14.2. The SMILES string of the molecule is CCCCCC(CC)CCCCCC(CC)CCCC=CCCC(CC)CCC. The van der Waals surface area contributed by atoms with Gasteiger partial charge in [-0.25, -0.2) is 0 Å². The molecule has 0 saturated carbocycles. The molecule has 0 heterocycles. The van der Waals surface area contributed by atoms with Gasteiger partial charge in [-0.2, -0.15) is 0 Å². The minimum absolute atomic E-state index is 0.957. The summed E-state index contributed by atoms with van der Waals surface area (Å²) in [7, 11) is 0. The van der Waals surface area contributed by atoms with Crippen LogP contribution in [0.4, 0.5) is 0 Å². The van der Waals surface area contributed by atoms with Crippen LogP contribution in [0.3, 0.4) is 0 Å². The molecule has 3 atom stereocenters. The van der Waals surface area contributed by atoms with Crippen molar-refractivity contribution in [3.05, 3.63) is 12.2 Å². The smallest absolute Gasteiger partial charge is 0.0348 e. The van der Waals surface area contributed by atoms with Crippen molar-refractivity contribution in [2.45, 2.75) is 157 Å². The van der Waals surface area contributed by atoms with Gasteiger partial charge in [0.05, 0.1) is 0 Å². The van der Waals surface area contributed by atoms with Gasteiger partial charge in [0.25, 0.3) is 0 Å². The molecular formula is C29H58. The van der Waals surface area contributed by atoms with Crippen LogP contribution in [-0.4, -0.2) is 0 Å². The molecule has 0 bridgehead atoms. The van der Waals surface area contributed by atoms with Crippen LogP contribution in [0.25, 0.3) is 0 Å². The van der Waals surface area contributed by atoms with E-state index in [1.165, 1.54) is 122 Å². The Labute approximate surface area is 186 Å². The summed E-state index contributed by atoms with van der Waals surface area (Å²) in [5.41, 5.74) is 0. The molecule has 0 aliphatic rings. The van der Waals surface area contributed by atoms with Gasteiger partial charge in [0.1, 0.15) is 0 Å². The first kappa shape index (κ1) is 28.7. The molecule has 0 N–H and O–H groups in total. The molecule has 0 rings (SSSR count). The van der Waals surface area contributed by atoms with Crippen LogP contribution in [-0.2, 0) is 0 Å². The average Bonchev–Trinajstić information content (AvgIpc) is 2.74. The summed E-state index contributed by atoms with van der Waals surface area (Å²) in [6.45, 7) is 11.8. The Morgan fingerprint density at radius 2 is 0.897 bits per heavy atom. The zero-order chi connectivity index (χ0) is 21.6. The van der Waals surface area contributed by atoms with Crippen LogP contribution in [0.15, 0.2) is 12.2 Å². The van der Waals surface area contributed by atoms with Crippen LogP contribution in [0.2, 0.25) is 0 Å². The molecule has 0 amide bonds. The lowest BCUT2D eigenvalue weighted by atomic mass is 9.90. The zero-order valence-corrected chi connectivity index (χ0v) is 21.3. The van der Waals surface area contributed by atoms with Crippen LogP contribution in [0.5, 0.6) is 0 Å². The highest BCUT2D eigenvalue weighted by molar-refractivity contribution is 4.82. The molecule has 3 unspecified atom stereocenters. The fourth-order valence-electron chi connectivity index (χ4n) is 4.88.